The second-order valence-electron chi connectivity index (χ2n) is 7.78. The molecule has 3 aromatic rings. The lowest BCUT2D eigenvalue weighted by Gasteiger charge is -2.23. The van der Waals surface area contributed by atoms with Crippen LogP contribution in [0.25, 0.3) is 16.3 Å². The van der Waals surface area contributed by atoms with Crippen molar-refractivity contribution in [2.24, 2.45) is 5.73 Å². The summed E-state index contributed by atoms with van der Waals surface area (Å²) in [4.78, 5) is 20.5. The Morgan fingerprint density at radius 2 is 2.30 bits per heavy atom. The molecule has 7 heteroatoms. The van der Waals surface area contributed by atoms with Crippen molar-refractivity contribution in [1.29, 1.82) is 0 Å². The van der Waals surface area contributed by atoms with Gasteiger partial charge in [-0.3, -0.25) is 9.69 Å². The number of pyridine rings is 1. The maximum atomic E-state index is 12.1. The van der Waals surface area contributed by atoms with E-state index in [0.717, 1.165) is 58.9 Å². The van der Waals surface area contributed by atoms with E-state index in [1.807, 2.05) is 30.3 Å². The van der Waals surface area contributed by atoms with Gasteiger partial charge in [-0.2, -0.15) is 0 Å². The number of fused-ring (bicyclic) bond motifs is 2. The third-order valence-electron chi connectivity index (χ3n) is 5.83. The molecule has 1 fully saturated rings. The quantitative estimate of drug-likeness (QED) is 0.680. The number of methoxy groups -OCH3 is 1. The largest absolute Gasteiger partial charge is 0.497 e. The highest BCUT2D eigenvalue weighted by molar-refractivity contribution is 7.20. The molecule has 0 saturated carbocycles. The maximum absolute atomic E-state index is 12.1. The van der Waals surface area contributed by atoms with E-state index in [1.54, 1.807) is 13.3 Å². The number of likely N-dealkylation sites (tertiary alicyclic amines) is 1. The van der Waals surface area contributed by atoms with Gasteiger partial charge in [-0.05, 0) is 54.4 Å². The number of amides is 1. The van der Waals surface area contributed by atoms with Crippen molar-refractivity contribution in [1.82, 2.24) is 9.88 Å². The molecule has 0 unspecified atom stereocenters. The highest BCUT2D eigenvalue weighted by Crippen LogP contribution is 2.39. The predicted octanol–water partition coefficient (Wildman–Crippen LogP) is 3.67. The molecule has 1 aromatic carbocycles. The molecule has 5 rings (SSSR count). The third-order valence-corrected chi connectivity index (χ3v) is 6.97. The first-order chi connectivity index (χ1) is 14.6. The van der Waals surface area contributed by atoms with Crippen LogP contribution in [0.1, 0.15) is 33.1 Å². The Labute approximate surface area is 178 Å². The average molecular weight is 422 g/mol. The standard InChI is InChI=1S/C23H23N3O3S/c1-28-17-4-5-19-16(10-17)9-14(13-29-19)11-26-8-6-15(12-26)20-18-3-2-7-25-23(18)30-21(20)22(24)27/h2-5,7,9-10,15H,6,8,11-13H2,1H3,(H2,24,27)/t15-/m0/s1. The number of rotatable bonds is 5. The Bertz CT molecular complexity index is 1150. The molecule has 6 nitrogen and oxygen atoms in total. The lowest BCUT2D eigenvalue weighted by molar-refractivity contribution is 0.100. The fourth-order valence-electron chi connectivity index (χ4n) is 4.46. The van der Waals surface area contributed by atoms with E-state index in [4.69, 9.17) is 15.2 Å². The zero-order valence-corrected chi connectivity index (χ0v) is 17.6. The lowest BCUT2D eigenvalue weighted by atomic mass is 9.95. The molecule has 1 atom stereocenters. The molecule has 2 aliphatic rings. The molecule has 1 amide bonds. The van der Waals surface area contributed by atoms with Crippen LogP contribution < -0.4 is 15.2 Å². The van der Waals surface area contributed by atoms with Crippen molar-refractivity contribution in [3.05, 3.63) is 58.1 Å². The van der Waals surface area contributed by atoms with Gasteiger partial charge in [0.1, 0.15) is 22.9 Å². The number of nitrogens with two attached hydrogens (primary N) is 1. The SMILES string of the molecule is COc1ccc2c(c1)C=C(CN1CC[C@H](c3c(C(N)=O)sc4ncccc34)C1)CO2. The molecule has 1 saturated heterocycles. The van der Waals surface area contributed by atoms with Crippen molar-refractivity contribution < 1.29 is 14.3 Å². The summed E-state index contributed by atoms with van der Waals surface area (Å²) in [5.41, 5.74) is 9.06. The molecule has 0 radical (unpaired) electrons. The fourth-order valence-corrected chi connectivity index (χ4v) is 5.54. The van der Waals surface area contributed by atoms with E-state index >= 15 is 0 Å². The van der Waals surface area contributed by atoms with Crippen molar-refractivity contribution in [3.8, 4) is 11.5 Å². The number of hydrogen-bond acceptors (Lipinski definition) is 6. The summed E-state index contributed by atoms with van der Waals surface area (Å²) in [6.45, 7) is 3.31. The van der Waals surface area contributed by atoms with Crippen molar-refractivity contribution >= 4 is 33.5 Å². The van der Waals surface area contributed by atoms with Crippen LogP contribution in [-0.2, 0) is 0 Å². The fraction of sp³-hybridized carbons (Fsp3) is 0.304. The number of carbonyl (C=O) groups excluding carboxylic acids is 1. The third kappa shape index (κ3) is 3.44. The Hall–Kier alpha value is -2.90. The van der Waals surface area contributed by atoms with Gasteiger partial charge in [-0.25, -0.2) is 4.98 Å². The molecule has 2 N–H and O–H groups in total. The molecular weight excluding hydrogens is 398 g/mol. The normalized spacial score (nSPS) is 18.7. The number of primary amides is 1. The maximum Gasteiger partial charge on any atom is 0.259 e. The zero-order valence-electron chi connectivity index (χ0n) is 16.8. The summed E-state index contributed by atoms with van der Waals surface area (Å²) in [5.74, 6) is 1.64. The molecule has 0 aliphatic carbocycles. The van der Waals surface area contributed by atoms with Gasteiger partial charge < -0.3 is 15.2 Å². The van der Waals surface area contributed by atoms with Crippen LogP contribution in [0.15, 0.2) is 42.1 Å². The van der Waals surface area contributed by atoms with Crippen molar-refractivity contribution in [3.63, 3.8) is 0 Å². The number of benzene rings is 1. The van der Waals surface area contributed by atoms with Gasteiger partial charge in [0.05, 0.1) is 12.0 Å². The van der Waals surface area contributed by atoms with Crippen LogP contribution in [0.3, 0.4) is 0 Å². The molecule has 154 valence electrons. The summed E-state index contributed by atoms with van der Waals surface area (Å²) in [7, 11) is 1.67. The highest BCUT2D eigenvalue weighted by Gasteiger charge is 2.31. The van der Waals surface area contributed by atoms with Crippen molar-refractivity contribution in [2.75, 3.05) is 33.4 Å². The van der Waals surface area contributed by atoms with Gasteiger partial charge in [-0.15, -0.1) is 11.3 Å². The molecule has 0 bridgehead atoms. The first-order valence-corrected chi connectivity index (χ1v) is 10.8. The number of hydrogen-bond donors (Lipinski definition) is 1. The first-order valence-electron chi connectivity index (χ1n) is 10.0. The summed E-state index contributed by atoms with van der Waals surface area (Å²) < 4.78 is 11.3. The number of aromatic nitrogens is 1. The summed E-state index contributed by atoms with van der Waals surface area (Å²) in [5, 5.41) is 1.06. The van der Waals surface area contributed by atoms with Gasteiger partial charge in [0.25, 0.3) is 5.91 Å². The van der Waals surface area contributed by atoms with Gasteiger partial charge in [0.2, 0.25) is 0 Å². The second-order valence-corrected chi connectivity index (χ2v) is 8.78. The zero-order chi connectivity index (χ0) is 20.7. The molecule has 4 heterocycles. The van der Waals surface area contributed by atoms with Crippen LogP contribution in [0.4, 0.5) is 0 Å². The Morgan fingerprint density at radius 3 is 3.13 bits per heavy atom. The van der Waals surface area contributed by atoms with E-state index < -0.39 is 0 Å². The minimum Gasteiger partial charge on any atom is -0.497 e. The van der Waals surface area contributed by atoms with E-state index in [2.05, 4.69) is 16.0 Å². The Morgan fingerprint density at radius 1 is 1.40 bits per heavy atom. The summed E-state index contributed by atoms with van der Waals surface area (Å²) in [6, 6.07) is 9.84. The smallest absolute Gasteiger partial charge is 0.259 e. The van der Waals surface area contributed by atoms with E-state index in [9.17, 15) is 4.79 Å². The van der Waals surface area contributed by atoms with E-state index in [1.165, 1.54) is 16.9 Å². The van der Waals surface area contributed by atoms with Crippen LogP contribution >= 0.6 is 11.3 Å². The van der Waals surface area contributed by atoms with E-state index in [0.29, 0.717) is 11.5 Å². The topological polar surface area (TPSA) is 77.7 Å². The molecular formula is C23H23N3O3S. The van der Waals surface area contributed by atoms with Gasteiger partial charge in [0, 0.05) is 36.2 Å². The minimum atomic E-state index is -0.361. The number of ether oxygens (including phenoxy) is 2. The van der Waals surface area contributed by atoms with Crippen LogP contribution in [-0.4, -0.2) is 49.1 Å². The first kappa shape index (κ1) is 19.1. The second kappa shape index (κ2) is 7.74. The van der Waals surface area contributed by atoms with Crippen LogP contribution in [0, 0.1) is 0 Å². The minimum absolute atomic E-state index is 0.280. The van der Waals surface area contributed by atoms with Gasteiger partial charge in [-0.1, -0.05) is 6.07 Å². The number of carbonyl (C=O) groups is 1. The monoisotopic (exact) mass is 421 g/mol. The molecule has 2 aliphatic heterocycles. The van der Waals surface area contributed by atoms with Crippen LogP contribution in [0.5, 0.6) is 11.5 Å². The number of thiophene rings is 1. The average Bonchev–Trinajstić information content (AvgIpc) is 3.37. The number of nitrogens with zero attached hydrogens (tertiary/aromatic N) is 2. The predicted molar refractivity (Wildman–Crippen MR) is 118 cm³/mol. The summed E-state index contributed by atoms with van der Waals surface area (Å²) in [6.07, 6.45) is 4.96. The van der Waals surface area contributed by atoms with Crippen molar-refractivity contribution in [2.45, 2.75) is 12.3 Å². The van der Waals surface area contributed by atoms with Gasteiger partial charge >= 0.3 is 0 Å². The lowest BCUT2D eigenvalue weighted by Crippen LogP contribution is -2.26. The molecule has 0 spiro atoms. The van der Waals surface area contributed by atoms with Crippen LogP contribution in [0.2, 0.25) is 0 Å². The molecule has 30 heavy (non-hydrogen) atoms. The molecule has 2 aromatic heterocycles. The van der Waals surface area contributed by atoms with Gasteiger partial charge in [0.15, 0.2) is 0 Å². The highest BCUT2D eigenvalue weighted by atomic mass is 32.1. The summed E-state index contributed by atoms with van der Waals surface area (Å²) >= 11 is 1.40. The Kier molecular flexibility index (Phi) is 4.92. The van der Waals surface area contributed by atoms with E-state index in [-0.39, 0.29) is 11.8 Å². The Balaban J connectivity index is 1.36.